The Morgan fingerprint density at radius 1 is 1.19 bits per heavy atom. The predicted octanol–water partition coefficient (Wildman–Crippen LogP) is 3.55. The molecule has 0 saturated carbocycles. The number of carbonyl (C=O) groups is 2. The summed E-state index contributed by atoms with van der Waals surface area (Å²) < 4.78 is 36.2. The second kappa shape index (κ2) is 8.70. The zero-order valence-corrected chi connectivity index (χ0v) is 13.7. The number of hydrogen-bond donors (Lipinski definition) is 4. The lowest BCUT2D eigenvalue weighted by molar-refractivity contribution is -0.122. The Kier molecular flexibility index (Phi) is 6.36. The van der Waals surface area contributed by atoms with Gasteiger partial charge in [0.2, 0.25) is 0 Å². The molecule has 0 bridgehead atoms. The van der Waals surface area contributed by atoms with Crippen molar-refractivity contribution in [3.63, 3.8) is 0 Å². The molecule has 0 atom stereocenters. The van der Waals surface area contributed by atoms with E-state index in [1.54, 1.807) is 29.6 Å². The highest BCUT2D eigenvalue weighted by Crippen LogP contribution is 2.14. The first-order valence-electron chi connectivity index (χ1n) is 7.57. The van der Waals surface area contributed by atoms with Crippen LogP contribution in [0.4, 0.5) is 29.5 Å². The van der Waals surface area contributed by atoms with E-state index in [1.165, 1.54) is 30.6 Å². The third-order valence-corrected chi connectivity index (χ3v) is 3.11. The number of anilines is 2. The van der Waals surface area contributed by atoms with Gasteiger partial charge in [-0.25, -0.2) is 14.6 Å². The van der Waals surface area contributed by atoms with Gasteiger partial charge in [-0.3, -0.25) is 0 Å². The van der Waals surface area contributed by atoms with E-state index in [4.69, 9.17) is 5.11 Å². The van der Waals surface area contributed by atoms with Crippen molar-refractivity contribution in [1.29, 1.82) is 0 Å². The van der Waals surface area contributed by atoms with Crippen LogP contribution in [0.15, 0.2) is 48.8 Å². The summed E-state index contributed by atoms with van der Waals surface area (Å²) in [5.41, 5.74) is 1.03. The number of urea groups is 1. The molecule has 27 heavy (non-hydrogen) atoms. The van der Waals surface area contributed by atoms with E-state index in [0.29, 0.717) is 17.1 Å². The summed E-state index contributed by atoms with van der Waals surface area (Å²) in [5, 5.41) is 15.7. The number of halogens is 3. The number of nitrogens with zero attached hydrogens (tertiary/aromatic N) is 1. The maximum absolute atomic E-state index is 12.1. The Morgan fingerprint density at radius 3 is 2.67 bits per heavy atom. The molecule has 10 heteroatoms. The van der Waals surface area contributed by atoms with Crippen LogP contribution in [-0.2, 0) is 0 Å². The average molecular weight is 380 g/mol. The van der Waals surface area contributed by atoms with Crippen LogP contribution in [0.5, 0.6) is 0 Å². The van der Waals surface area contributed by atoms with E-state index >= 15 is 0 Å². The summed E-state index contributed by atoms with van der Waals surface area (Å²) in [6.45, 7) is -1.43. The van der Waals surface area contributed by atoms with Gasteiger partial charge in [-0.2, -0.15) is 13.2 Å². The number of aromatic nitrogens is 1. The standard InChI is InChI=1S/C17H15F3N4O3/c18-17(19,20)10-23-16(27)24-13-3-1-2-11(8-13)4-6-21-14-9-12(15(25)26)5-7-22-14/h1-9H,10H2,(H,21,22)(H,25,26)(H2,23,24,27)/b6-4+. The molecule has 1 aromatic heterocycles. The van der Waals surface area contributed by atoms with Gasteiger partial charge in [-0.05, 0) is 35.9 Å². The number of alkyl halides is 3. The molecule has 4 N–H and O–H groups in total. The summed E-state index contributed by atoms with van der Waals surface area (Å²) in [5.74, 6) is -0.751. The lowest BCUT2D eigenvalue weighted by Gasteiger charge is -2.10. The maximum atomic E-state index is 12.1. The SMILES string of the molecule is O=C(NCC(F)(F)F)Nc1cccc(/C=C/Nc2cc(C(=O)O)ccn2)c1. The van der Waals surface area contributed by atoms with E-state index in [0.717, 1.165) is 0 Å². The number of amides is 2. The summed E-state index contributed by atoms with van der Waals surface area (Å²) in [7, 11) is 0. The van der Waals surface area contributed by atoms with Gasteiger partial charge in [0.25, 0.3) is 0 Å². The number of benzene rings is 1. The fraction of sp³-hybridized carbons (Fsp3) is 0.118. The van der Waals surface area contributed by atoms with Crippen molar-refractivity contribution in [2.75, 3.05) is 17.2 Å². The van der Waals surface area contributed by atoms with Gasteiger partial charge in [0.1, 0.15) is 12.4 Å². The maximum Gasteiger partial charge on any atom is 0.405 e. The van der Waals surface area contributed by atoms with Crippen LogP contribution in [0.1, 0.15) is 15.9 Å². The van der Waals surface area contributed by atoms with Crippen LogP contribution >= 0.6 is 0 Å². The van der Waals surface area contributed by atoms with Crippen molar-refractivity contribution in [3.8, 4) is 0 Å². The molecule has 0 aliphatic rings. The monoisotopic (exact) mass is 380 g/mol. The third-order valence-electron chi connectivity index (χ3n) is 3.11. The van der Waals surface area contributed by atoms with E-state index in [2.05, 4.69) is 15.6 Å². The lowest BCUT2D eigenvalue weighted by atomic mass is 10.2. The minimum absolute atomic E-state index is 0.0805. The lowest BCUT2D eigenvalue weighted by Crippen LogP contribution is -2.36. The molecule has 0 radical (unpaired) electrons. The van der Waals surface area contributed by atoms with Crippen LogP contribution in [0.2, 0.25) is 0 Å². The zero-order chi connectivity index (χ0) is 19.9. The van der Waals surface area contributed by atoms with Crippen LogP contribution in [0, 0.1) is 0 Å². The van der Waals surface area contributed by atoms with E-state index in [-0.39, 0.29) is 5.56 Å². The molecule has 1 aromatic carbocycles. The van der Waals surface area contributed by atoms with Crippen molar-refractivity contribution in [2.24, 2.45) is 0 Å². The summed E-state index contributed by atoms with van der Waals surface area (Å²) in [6.07, 6.45) is -0.00593. The molecule has 2 aromatic rings. The van der Waals surface area contributed by atoms with E-state index in [1.807, 2.05) is 0 Å². The molecule has 1 heterocycles. The van der Waals surface area contributed by atoms with Gasteiger partial charge < -0.3 is 21.1 Å². The fourth-order valence-electron chi connectivity index (χ4n) is 1.94. The first-order valence-corrected chi connectivity index (χ1v) is 7.57. The van der Waals surface area contributed by atoms with Crippen LogP contribution in [0.25, 0.3) is 6.08 Å². The normalized spacial score (nSPS) is 11.2. The number of carbonyl (C=O) groups excluding carboxylic acids is 1. The minimum Gasteiger partial charge on any atom is -0.478 e. The van der Waals surface area contributed by atoms with Crippen LogP contribution in [-0.4, -0.2) is 34.8 Å². The van der Waals surface area contributed by atoms with Crippen LogP contribution in [0.3, 0.4) is 0 Å². The summed E-state index contributed by atoms with van der Waals surface area (Å²) in [6, 6.07) is 8.13. The van der Waals surface area contributed by atoms with Gasteiger partial charge in [0.05, 0.1) is 5.56 Å². The van der Waals surface area contributed by atoms with Gasteiger partial charge in [0.15, 0.2) is 0 Å². The quantitative estimate of drug-likeness (QED) is 0.614. The van der Waals surface area contributed by atoms with Crippen molar-refractivity contribution in [1.82, 2.24) is 10.3 Å². The first kappa shape index (κ1) is 19.8. The third kappa shape index (κ3) is 7.06. The molecule has 0 aliphatic carbocycles. The highest BCUT2D eigenvalue weighted by molar-refractivity contribution is 5.89. The van der Waals surface area contributed by atoms with Crippen LogP contribution < -0.4 is 16.0 Å². The predicted molar refractivity (Wildman–Crippen MR) is 93.4 cm³/mol. The molecule has 0 fully saturated rings. The van der Waals surface area contributed by atoms with E-state index in [9.17, 15) is 22.8 Å². The van der Waals surface area contributed by atoms with Gasteiger partial charge in [-0.1, -0.05) is 12.1 Å². The highest BCUT2D eigenvalue weighted by Gasteiger charge is 2.27. The Bertz CT molecular complexity index is 853. The number of aromatic carboxylic acids is 1. The largest absolute Gasteiger partial charge is 0.478 e. The molecule has 142 valence electrons. The Hall–Kier alpha value is -3.56. The topological polar surface area (TPSA) is 103 Å². The van der Waals surface area contributed by atoms with Gasteiger partial charge in [-0.15, -0.1) is 0 Å². The average Bonchev–Trinajstić information content (AvgIpc) is 2.60. The first-order chi connectivity index (χ1) is 12.7. The molecule has 0 unspecified atom stereocenters. The molecule has 2 amide bonds. The molecule has 2 rings (SSSR count). The Morgan fingerprint density at radius 2 is 1.96 bits per heavy atom. The van der Waals surface area contributed by atoms with Crippen molar-refractivity contribution < 1.29 is 27.9 Å². The number of carboxylic acid groups (broad SMARTS) is 1. The molecular formula is C17H15F3N4O3. The zero-order valence-electron chi connectivity index (χ0n) is 13.7. The van der Waals surface area contributed by atoms with Gasteiger partial charge in [0, 0.05) is 18.1 Å². The number of nitrogens with one attached hydrogen (secondary N) is 3. The number of carboxylic acids is 1. The molecule has 0 spiro atoms. The smallest absolute Gasteiger partial charge is 0.405 e. The summed E-state index contributed by atoms with van der Waals surface area (Å²) >= 11 is 0. The Labute approximate surface area is 151 Å². The highest BCUT2D eigenvalue weighted by atomic mass is 19.4. The molecule has 0 saturated heterocycles. The molecule has 0 aliphatic heterocycles. The second-order valence-electron chi connectivity index (χ2n) is 5.26. The van der Waals surface area contributed by atoms with Crippen molar-refractivity contribution in [3.05, 3.63) is 59.9 Å². The number of rotatable bonds is 6. The van der Waals surface area contributed by atoms with Gasteiger partial charge >= 0.3 is 18.2 Å². The van der Waals surface area contributed by atoms with Crippen molar-refractivity contribution >= 4 is 29.6 Å². The second-order valence-corrected chi connectivity index (χ2v) is 5.26. The van der Waals surface area contributed by atoms with E-state index < -0.39 is 24.7 Å². The fourth-order valence-corrected chi connectivity index (χ4v) is 1.94. The number of hydrogen-bond acceptors (Lipinski definition) is 4. The minimum atomic E-state index is -4.49. The molecular weight excluding hydrogens is 365 g/mol. The van der Waals surface area contributed by atoms with Crippen molar-refractivity contribution in [2.45, 2.75) is 6.18 Å². The molecule has 7 nitrogen and oxygen atoms in total. The summed E-state index contributed by atoms with van der Waals surface area (Å²) in [4.78, 5) is 26.3. The number of pyridine rings is 1. The Balaban J connectivity index is 1.95.